The summed E-state index contributed by atoms with van der Waals surface area (Å²) in [6.45, 7) is 10.1. The fourth-order valence-corrected chi connectivity index (χ4v) is 1.52. The van der Waals surface area contributed by atoms with Gasteiger partial charge in [0.1, 0.15) is 12.8 Å². The van der Waals surface area contributed by atoms with Crippen LogP contribution in [-0.4, -0.2) is 63.5 Å². The van der Waals surface area contributed by atoms with E-state index in [1.165, 1.54) is 0 Å². The zero-order chi connectivity index (χ0) is 18.5. The number of Topliss-reactive ketones (excluding diaryl/α,β-unsaturated/α-hetero) is 1. The normalized spacial score (nSPS) is 14.0. The Morgan fingerprint density at radius 2 is 1.54 bits per heavy atom. The van der Waals surface area contributed by atoms with Crippen molar-refractivity contribution in [2.45, 2.75) is 46.9 Å². The Bertz CT molecular complexity index is 369. The van der Waals surface area contributed by atoms with Crippen LogP contribution in [0.25, 0.3) is 0 Å². The van der Waals surface area contributed by atoms with Crippen LogP contribution in [0.5, 0.6) is 0 Å². The molecule has 0 aromatic rings. The van der Waals surface area contributed by atoms with Crippen LogP contribution in [0, 0.1) is 11.8 Å². The molecule has 2 atom stereocenters. The summed E-state index contributed by atoms with van der Waals surface area (Å²) in [7, 11) is 0. The second kappa shape index (κ2) is 13.3. The molecule has 0 aliphatic rings. The summed E-state index contributed by atoms with van der Waals surface area (Å²) >= 11 is 0. The Hall–Kier alpha value is -1.05. The Morgan fingerprint density at radius 1 is 0.958 bits per heavy atom. The Morgan fingerprint density at radius 3 is 2.12 bits per heavy atom. The fraction of sp³-hybridized carbons (Fsp3) is 0.882. The standard InChI is InChI=1S/C17H32FNO5.H2/c1-12(2)16(20)11-23-7-6-22-8-9-24-14(5)15(18)10-19-17(21)13(3)4;/h12-15H,6-11H2,1-5H3,(H,19,21);1H. The first kappa shape index (κ1) is 22.9. The number of hydrogen-bond donors (Lipinski definition) is 1. The fourth-order valence-electron chi connectivity index (χ4n) is 1.52. The summed E-state index contributed by atoms with van der Waals surface area (Å²) in [5.74, 6) is -0.311. The van der Waals surface area contributed by atoms with Crippen molar-refractivity contribution in [1.29, 1.82) is 0 Å². The molecule has 0 fully saturated rings. The van der Waals surface area contributed by atoms with E-state index in [-0.39, 0.29) is 44.7 Å². The van der Waals surface area contributed by atoms with Crippen molar-refractivity contribution in [3.63, 3.8) is 0 Å². The molecule has 144 valence electrons. The SMILES string of the molecule is CC(C)C(=O)COCCOCCOC(C)C(F)CNC(=O)C(C)C.[HH]. The molecule has 6 nitrogen and oxygen atoms in total. The van der Waals surface area contributed by atoms with E-state index >= 15 is 0 Å². The second-order valence-electron chi connectivity index (χ2n) is 6.28. The number of alkyl halides is 1. The summed E-state index contributed by atoms with van der Waals surface area (Å²) in [6.07, 6.45) is -1.89. The van der Waals surface area contributed by atoms with Crippen LogP contribution < -0.4 is 5.32 Å². The van der Waals surface area contributed by atoms with Gasteiger partial charge in [-0.3, -0.25) is 9.59 Å². The van der Waals surface area contributed by atoms with Crippen molar-refractivity contribution in [3.05, 3.63) is 0 Å². The molecule has 1 amide bonds. The van der Waals surface area contributed by atoms with Crippen molar-refractivity contribution >= 4 is 11.7 Å². The highest BCUT2D eigenvalue weighted by Gasteiger charge is 2.18. The van der Waals surface area contributed by atoms with Crippen molar-refractivity contribution in [2.75, 3.05) is 39.6 Å². The van der Waals surface area contributed by atoms with Gasteiger partial charge >= 0.3 is 0 Å². The number of nitrogens with one attached hydrogen (secondary N) is 1. The van der Waals surface area contributed by atoms with Crippen LogP contribution in [0.2, 0.25) is 0 Å². The van der Waals surface area contributed by atoms with E-state index in [2.05, 4.69) is 5.32 Å². The number of ether oxygens (including phenoxy) is 3. The number of amides is 1. The average Bonchev–Trinajstić information content (AvgIpc) is 2.53. The van der Waals surface area contributed by atoms with E-state index < -0.39 is 12.3 Å². The van der Waals surface area contributed by atoms with Gasteiger partial charge in [-0.1, -0.05) is 27.7 Å². The van der Waals surface area contributed by atoms with Gasteiger partial charge in [0, 0.05) is 13.3 Å². The first-order valence-electron chi connectivity index (χ1n) is 8.47. The van der Waals surface area contributed by atoms with E-state index in [1.807, 2.05) is 13.8 Å². The lowest BCUT2D eigenvalue weighted by molar-refractivity contribution is -0.127. The first-order chi connectivity index (χ1) is 11.3. The Labute approximate surface area is 145 Å². The molecular weight excluding hydrogens is 317 g/mol. The summed E-state index contributed by atoms with van der Waals surface area (Å²) in [6, 6.07) is 0. The number of hydrogen-bond acceptors (Lipinski definition) is 5. The Balaban J connectivity index is 0. The monoisotopic (exact) mass is 351 g/mol. The molecule has 7 heteroatoms. The molecule has 0 saturated carbocycles. The summed E-state index contributed by atoms with van der Waals surface area (Å²) in [5.41, 5.74) is 0. The molecule has 0 aliphatic heterocycles. The van der Waals surface area contributed by atoms with Gasteiger partial charge in [-0.25, -0.2) is 4.39 Å². The lowest BCUT2D eigenvalue weighted by atomic mass is 10.1. The third-order valence-electron chi connectivity index (χ3n) is 3.37. The van der Waals surface area contributed by atoms with Gasteiger partial charge in [-0.2, -0.15) is 0 Å². The third-order valence-corrected chi connectivity index (χ3v) is 3.37. The Kier molecular flexibility index (Phi) is 12.7. The van der Waals surface area contributed by atoms with E-state index in [0.29, 0.717) is 19.8 Å². The van der Waals surface area contributed by atoms with Gasteiger partial charge in [0.15, 0.2) is 5.78 Å². The quantitative estimate of drug-likeness (QED) is 0.485. The number of carbonyl (C=O) groups is 2. The van der Waals surface area contributed by atoms with Crippen molar-refractivity contribution < 1.29 is 29.6 Å². The molecule has 0 aromatic carbocycles. The van der Waals surface area contributed by atoms with Crippen molar-refractivity contribution in [1.82, 2.24) is 5.32 Å². The molecule has 0 radical (unpaired) electrons. The highest BCUT2D eigenvalue weighted by molar-refractivity contribution is 5.81. The molecule has 0 aliphatic carbocycles. The van der Waals surface area contributed by atoms with Gasteiger partial charge in [0.05, 0.1) is 39.1 Å². The third kappa shape index (κ3) is 11.5. The van der Waals surface area contributed by atoms with Gasteiger partial charge in [0.2, 0.25) is 5.91 Å². The zero-order valence-corrected chi connectivity index (χ0v) is 15.5. The zero-order valence-electron chi connectivity index (χ0n) is 15.5. The van der Waals surface area contributed by atoms with Crippen LogP contribution in [0.1, 0.15) is 36.0 Å². The van der Waals surface area contributed by atoms with E-state index in [9.17, 15) is 14.0 Å². The lowest BCUT2D eigenvalue weighted by Crippen LogP contribution is -2.38. The second-order valence-corrected chi connectivity index (χ2v) is 6.28. The van der Waals surface area contributed by atoms with Crippen molar-refractivity contribution in [3.8, 4) is 0 Å². The van der Waals surface area contributed by atoms with E-state index in [0.717, 1.165) is 0 Å². The van der Waals surface area contributed by atoms with E-state index in [4.69, 9.17) is 14.2 Å². The van der Waals surface area contributed by atoms with Crippen LogP contribution in [0.3, 0.4) is 0 Å². The lowest BCUT2D eigenvalue weighted by Gasteiger charge is -2.18. The molecule has 24 heavy (non-hydrogen) atoms. The number of carbonyl (C=O) groups excluding carboxylic acids is 2. The van der Waals surface area contributed by atoms with Crippen LogP contribution in [0.4, 0.5) is 4.39 Å². The van der Waals surface area contributed by atoms with Gasteiger partial charge < -0.3 is 19.5 Å². The number of ketones is 1. The number of halogens is 1. The summed E-state index contributed by atoms with van der Waals surface area (Å²) in [4.78, 5) is 22.7. The number of rotatable bonds is 14. The molecule has 0 aromatic heterocycles. The van der Waals surface area contributed by atoms with Crippen LogP contribution in [-0.2, 0) is 23.8 Å². The smallest absolute Gasteiger partial charge is 0.222 e. The molecule has 0 heterocycles. The van der Waals surface area contributed by atoms with Crippen molar-refractivity contribution in [2.24, 2.45) is 11.8 Å². The molecule has 2 unspecified atom stereocenters. The van der Waals surface area contributed by atoms with E-state index in [1.54, 1.807) is 20.8 Å². The van der Waals surface area contributed by atoms with Crippen LogP contribution in [0.15, 0.2) is 0 Å². The largest absolute Gasteiger partial charge is 0.377 e. The van der Waals surface area contributed by atoms with Gasteiger partial charge in [-0.05, 0) is 6.92 Å². The minimum Gasteiger partial charge on any atom is -0.377 e. The molecular formula is C17H34FNO5. The average molecular weight is 351 g/mol. The topological polar surface area (TPSA) is 73.9 Å². The van der Waals surface area contributed by atoms with Crippen LogP contribution >= 0.6 is 0 Å². The predicted molar refractivity (Wildman–Crippen MR) is 91.8 cm³/mol. The molecule has 0 bridgehead atoms. The molecule has 1 N–H and O–H groups in total. The first-order valence-corrected chi connectivity index (χ1v) is 8.47. The maximum atomic E-state index is 13.8. The highest BCUT2D eigenvalue weighted by atomic mass is 19.1. The summed E-state index contributed by atoms with van der Waals surface area (Å²) < 4.78 is 29.6. The predicted octanol–water partition coefficient (Wildman–Crippen LogP) is 2.01. The highest BCUT2D eigenvalue weighted by Crippen LogP contribution is 2.03. The maximum Gasteiger partial charge on any atom is 0.222 e. The maximum absolute atomic E-state index is 13.8. The molecule has 0 rings (SSSR count). The van der Waals surface area contributed by atoms with Gasteiger partial charge in [-0.15, -0.1) is 0 Å². The minimum atomic E-state index is -1.27. The van der Waals surface area contributed by atoms with Gasteiger partial charge in [0.25, 0.3) is 0 Å². The molecule has 0 saturated heterocycles. The minimum absolute atomic E-state index is 0. The summed E-state index contributed by atoms with van der Waals surface area (Å²) in [5, 5.41) is 2.54. The molecule has 0 spiro atoms.